The third-order valence-electron chi connectivity index (χ3n) is 4.32. The van der Waals surface area contributed by atoms with Gasteiger partial charge in [-0.15, -0.1) is 0 Å². The summed E-state index contributed by atoms with van der Waals surface area (Å²) in [5.41, 5.74) is 0. The first-order valence-electron chi connectivity index (χ1n) is 8.79. The minimum atomic E-state index is -0.260. The Morgan fingerprint density at radius 3 is 2.45 bits per heavy atom. The molecule has 1 N–H and O–H groups in total. The van der Waals surface area contributed by atoms with E-state index >= 15 is 0 Å². The topological polar surface area (TPSA) is 58.6 Å². The van der Waals surface area contributed by atoms with Crippen molar-refractivity contribution < 1.29 is 14.3 Å². The molecule has 0 saturated heterocycles. The molecule has 1 rings (SSSR count). The molecular formula is C17H32N2O3. The first-order chi connectivity index (χ1) is 10.7. The lowest BCUT2D eigenvalue weighted by molar-refractivity contribution is -0.140. The van der Waals surface area contributed by atoms with Crippen LogP contribution in [0.15, 0.2) is 0 Å². The standard InChI is InChI=1S/C17H32N2O3/c1-3-4-5-9-13-19(14-12-16(20)22-2)17(21)18-15-10-7-6-8-11-15/h15H,3-14H2,1-2H3,(H,18,21). The van der Waals surface area contributed by atoms with Crippen molar-refractivity contribution in [3.05, 3.63) is 0 Å². The Balaban J connectivity index is 2.42. The van der Waals surface area contributed by atoms with Gasteiger partial charge < -0.3 is 15.0 Å². The fourth-order valence-corrected chi connectivity index (χ4v) is 2.89. The van der Waals surface area contributed by atoms with Crippen LogP contribution >= 0.6 is 0 Å². The van der Waals surface area contributed by atoms with Gasteiger partial charge in [0.15, 0.2) is 0 Å². The molecule has 0 aromatic heterocycles. The molecule has 0 atom stereocenters. The van der Waals surface area contributed by atoms with Crippen LogP contribution in [0.25, 0.3) is 0 Å². The number of methoxy groups -OCH3 is 1. The molecule has 1 fully saturated rings. The maximum atomic E-state index is 12.4. The molecule has 1 aliphatic rings. The van der Waals surface area contributed by atoms with Crippen molar-refractivity contribution >= 4 is 12.0 Å². The van der Waals surface area contributed by atoms with E-state index < -0.39 is 0 Å². The highest BCUT2D eigenvalue weighted by Gasteiger charge is 2.20. The number of rotatable bonds is 9. The summed E-state index contributed by atoms with van der Waals surface area (Å²) in [5, 5.41) is 3.14. The Hall–Kier alpha value is -1.26. The first kappa shape index (κ1) is 18.8. The van der Waals surface area contributed by atoms with Gasteiger partial charge in [-0.3, -0.25) is 4.79 Å². The summed E-state index contributed by atoms with van der Waals surface area (Å²) in [6, 6.07) is 0.282. The van der Waals surface area contributed by atoms with E-state index in [-0.39, 0.29) is 18.4 Å². The Bertz CT molecular complexity index is 328. The smallest absolute Gasteiger partial charge is 0.317 e. The molecule has 0 spiro atoms. The summed E-state index contributed by atoms with van der Waals surface area (Å²) < 4.78 is 4.68. The minimum Gasteiger partial charge on any atom is -0.469 e. The zero-order valence-corrected chi connectivity index (χ0v) is 14.2. The van der Waals surface area contributed by atoms with Crippen molar-refractivity contribution in [1.29, 1.82) is 0 Å². The van der Waals surface area contributed by atoms with Gasteiger partial charge >= 0.3 is 12.0 Å². The van der Waals surface area contributed by atoms with Crippen LogP contribution < -0.4 is 5.32 Å². The van der Waals surface area contributed by atoms with Gasteiger partial charge in [-0.05, 0) is 19.3 Å². The molecule has 1 saturated carbocycles. The summed E-state index contributed by atoms with van der Waals surface area (Å²) in [5.74, 6) is -0.260. The second-order valence-corrected chi connectivity index (χ2v) is 6.16. The molecule has 2 amide bonds. The maximum absolute atomic E-state index is 12.4. The summed E-state index contributed by atoms with van der Waals surface area (Å²) in [7, 11) is 1.38. The molecule has 128 valence electrons. The fourth-order valence-electron chi connectivity index (χ4n) is 2.89. The van der Waals surface area contributed by atoms with Crippen molar-refractivity contribution in [3.8, 4) is 0 Å². The maximum Gasteiger partial charge on any atom is 0.317 e. The number of nitrogens with zero attached hydrogens (tertiary/aromatic N) is 1. The number of urea groups is 1. The Kier molecular flexibility index (Phi) is 9.67. The quantitative estimate of drug-likeness (QED) is 0.524. The highest BCUT2D eigenvalue weighted by Crippen LogP contribution is 2.17. The first-order valence-corrected chi connectivity index (χ1v) is 8.79. The fraction of sp³-hybridized carbons (Fsp3) is 0.882. The number of hydrogen-bond acceptors (Lipinski definition) is 3. The second-order valence-electron chi connectivity index (χ2n) is 6.16. The molecular weight excluding hydrogens is 280 g/mol. The highest BCUT2D eigenvalue weighted by atomic mass is 16.5. The zero-order chi connectivity index (χ0) is 16.2. The van der Waals surface area contributed by atoms with E-state index in [1.54, 1.807) is 4.90 Å². The van der Waals surface area contributed by atoms with Crippen LogP contribution in [-0.4, -0.2) is 43.1 Å². The predicted molar refractivity (Wildman–Crippen MR) is 87.8 cm³/mol. The second kappa shape index (κ2) is 11.3. The van der Waals surface area contributed by atoms with Crippen molar-refractivity contribution in [2.45, 2.75) is 77.2 Å². The number of esters is 1. The molecule has 0 aromatic rings. The summed E-state index contributed by atoms with van der Waals surface area (Å²) in [4.78, 5) is 25.5. The van der Waals surface area contributed by atoms with Gasteiger partial charge in [0.25, 0.3) is 0 Å². The van der Waals surface area contributed by atoms with Gasteiger partial charge in [0.1, 0.15) is 0 Å². The molecule has 22 heavy (non-hydrogen) atoms. The number of carbonyl (C=O) groups excluding carboxylic acids is 2. The third-order valence-corrected chi connectivity index (χ3v) is 4.32. The molecule has 0 aromatic carbocycles. The number of amides is 2. The van der Waals surface area contributed by atoms with Crippen LogP contribution in [0, 0.1) is 0 Å². The van der Waals surface area contributed by atoms with E-state index in [9.17, 15) is 9.59 Å². The Morgan fingerprint density at radius 1 is 1.09 bits per heavy atom. The normalized spacial score (nSPS) is 15.4. The molecule has 0 heterocycles. The van der Waals surface area contributed by atoms with Crippen LogP contribution in [0.2, 0.25) is 0 Å². The monoisotopic (exact) mass is 312 g/mol. The molecule has 1 aliphatic carbocycles. The lowest BCUT2D eigenvalue weighted by atomic mass is 9.96. The lowest BCUT2D eigenvalue weighted by Gasteiger charge is -2.28. The predicted octanol–water partition coefficient (Wildman–Crippen LogP) is 3.47. The molecule has 0 aliphatic heterocycles. The molecule has 5 heteroatoms. The number of unbranched alkanes of at least 4 members (excludes halogenated alkanes) is 3. The molecule has 5 nitrogen and oxygen atoms in total. The van der Waals surface area contributed by atoms with Gasteiger partial charge in [0.05, 0.1) is 13.5 Å². The Morgan fingerprint density at radius 2 is 1.82 bits per heavy atom. The highest BCUT2D eigenvalue weighted by molar-refractivity contribution is 5.76. The average molecular weight is 312 g/mol. The number of nitrogens with one attached hydrogen (secondary N) is 1. The van der Waals surface area contributed by atoms with Crippen LogP contribution in [0.4, 0.5) is 4.79 Å². The SMILES string of the molecule is CCCCCCN(CCC(=O)OC)C(=O)NC1CCCCC1. The Labute approximate surface area is 134 Å². The van der Waals surface area contributed by atoms with Crippen LogP contribution in [0.1, 0.15) is 71.1 Å². The minimum absolute atomic E-state index is 0.0210. The van der Waals surface area contributed by atoms with Gasteiger partial charge in [-0.2, -0.15) is 0 Å². The zero-order valence-electron chi connectivity index (χ0n) is 14.2. The van der Waals surface area contributed by atoms with E-state index in [2.05, 4.69) is 17.0 Å². The van der Waals surface area contributed by atoms with Crippen LogP contribution in [0.5, 0.6) is 0 Å². The third kappa shape index (κ3) is 7.66. The van der Waals surface area contributed by atoms with Gasteiger partial charge in [-0.25, -0.2) is 4.79 Å². The van der Waals surface area contributed by atoms with E-state index in [0.717, 1.165) is 32.2 Å². The molecule has 0 unspecified atom stereocenters. The molecule has 0 bridgehead atoms. The van der Waals surface area contributed by atoms with Gasteiger partial charge in [0, 0.05) is 19.1 Å². The van der Waals surface area contributed by atoms with Crippen molar-refractivity contribution in [1.82, 2.24) is 10.2 Å². The average Bonchev–Trinajstić information content (AvgIpc) is 2.54. The van der Waals surface area contributed by atoms with Crippen molar-refractivity contribution in [2.24, 2.45) is 0 Å². The number of ether oxygens (including phenoxy) is 1. The van der Waals surface area contributed by atoms with Gasteiger partial charge in [0.2, 0.25) is 0 Å². The lowest BCUT2D eigenvalue weighted by Crippen LogP contribution is -2.46. The summed E-state index contributed by atoms with van der Waals surface area (Å²) >= 11 is 0. The van der Waals surface area contributed by atoms with Crippen LogP contribution in [0.3, 0.4) is 0 Å². The van der Waals surface area contributed by atoms with Gasteiger partial charge in [-0.1, -0.05) is 45.4 Å². The summed E-state index contributed by atoms with van der Waals surface area (Å²) in [6.45, 7) is 3.33. The number of carbonyl (C=O) groups is 2. The number of hydrogen-bond donors (Lipinski definition) is 1. The van der Waals surface area contributed by atoms with Crippen molar-refractivity contribution in [2.75, 3.05) is 20.2 Å². The van der Waals surface area contributed by atoms with E-state index in [4.69, 9.17) is 0 Å². The molecule has 0 radical (unpaired) electrons. The van der Waals surface area contributed by atoms with Crippen LogP contribution in [-0.2, 0) is 9.53 Å². The van der Waals surface area contributed by atoms with E-state index in [0.29, 0.717) is 12.6 Å². The largest absolute Gasteiger partial charge is 0.469 e. The van der Waals surface area contributed by atoms with E-state index in [1.165, 1.54) is 39.2 Å². The van der Waals surface area contributed by atoms with Crippen molar-refractivity contribution in [3.63, 3.8) is 0 Å². The van der Waals surface area contributed by atoms with E-state index in [1.807, 2.05) is 0 Å². The summed E-state index contributed by atoms with van der Waals surface area (Å²) in [6.07, 6.45) is 10.6.